The first kappa shape index (κ1) is 22.7. The van der Waals surface area contributed by atoms with Gasteiger partial charge in [0, 0.05) is 39.3 Å². The first-order valence-corrected chi connectivity index (χ1v) is 13.0. The lowest BCUT2D eigenvalue weighted by Crippen LogP contribution is -2.57. The molecule has 0 atom stereocenters. The number of rotatable bonds is 5. The van der Waals surface area contributed by atoms with Crippen LogP contribution in [-0.2, 0) is 20.4 Å². The fourth-order valence-electron chi connectivity index (χ4n) is 5.61. The van der Waals surface area contributed by atoms with E-state index in [0.717, 1.165) is 56.9 Å². The van der Waals surface area contributed by atoms with E-state index in [1.165, 1.54) is 22.9 Å². The maximum Gasteiger partial charge on any atom is 0.282 e. The number of halogens is 1. The molecule has 1 saturated heterocycles. The maximum absolute atomic E-state index is 13.6. The number of carbonyl (C=O) groups is 1. The van der Waals surface area contributed by atoms with E-state index in [1.54, 1.807) is 23.5 Å². The average Bonchev–Trinajstić information content (AvgIpc) is 3.30. The number of hydrogen-bond donors (Lipinski definition) is 0. The average molecular weight is 452 g/mol. The summed E-state index contributed by atoms with van der Waals surface area (Å²) in [6, 6.07) is 6.40. The van der Waals surface area contributed by atoms with Crippen LogP contribution in [0.5, 0.6) is 0 Å². The summed E-state index contributed by atoms with van der Waals surface area (Å²) in [6.45, 7) is 1.45. The highest BCUT2D eigenvalue weighted by Crippen LogP contribution is 2.43. The number of piperazine rings is 1. The molecule has 1 aliphatic heterocycles. The minimum absolute atomic E-state index is 0.0642. The van der Waals surface area contributed by atoms with Gasteiger partial charge in [0.2, 0.25) is 5.91 Å². The zero-order valence-corrected chi connectivity index (χ0v) is 19.2. The van der Waals surface area contributed by atoms with Gasteiger partial charge in [0.15, 0.2) is 0 Å². The summed E-state index contributed by atoms with van der Waals surface area (Å²) in [6.07, 6.45) is 8.67. The van der Waals surface area contributed by atoms with Crippen molar-refractivity contribution in [2.75, 3.05) is 33.2 Å². The number of carbonyl (C=O) groups excluding carboxylic acids is 1. The van der Waals surface area contributed by atoms with Crippen LogP contribution in [0.2, 0.25) is 0 Å². The second-order valence-electron chi connectivity index (χ2n) is 9.30. The van der Waals surface area contributed by atoms with Crippen LogP contribution in [0.1, 0.15) is 63.4 Å². The molecule has 1 heterocycles. The van der Waals surface area contributed by atoms with Crippen LogP contribution in [0.3, 0.4) is 0 Å². The van der Waals surface area contributed by atoms with Gasteiger partial charge in [0.1, 0.15) is 5.82 Å². The van der Waals surface area contributed by atoms with E-state index >= 15 is 0 Å². The summed E-state index contributed by atoms with van der Waals surface area (Å²) in [5.41, 5.74) is 0.275. The quantitative estimate of drug-likeness (QED) is 0.690. The van der Waals surface area contributed by atoms with Crippen molar-refractivity contribution in [2.45, 2.75) is 69.2 Å². The monoisotopic (exact) mass is 451 g/mol. The smallest absolute Gasteiger partial charge is 0.282 e. The first-order chi connectivity index (χ1) is 14.8. The van der Waals surface area contributed by atoms with Gasteiger partial charge in [-0.2, -0.15) is 17.0 Å². The summed E-state index contributed by atoms with van der Waals surface area (Å²) >= 11 is 0. The predicted octanol–water partition coefficient (Wildman–Crippen LogP) is 3.29. The van der Waals surface area contributed by atoms with Crippen LogP contribution in [0, 0.1) is 5.82 Å². The maximum atomic E-state index is 13.6. The van der Waals surface area contributed by atoms with Crippen molar-refractivity contribution in [1.29, 1.82) is 0 Å². The molecule has 0 spiro atoms. The van der Waals surface area contributed by atoms with Crippen molar-refractivity contribution in [3.05, 3.63) is 35.6 Å². The van der Waals surface area contributed by atoms with Crippen LogP contribution >= 0.6 is 0 Å². The molecule has 6 nitrogen and oxygen atoms in total. The molecule has 3 aliphatic rings. The molecular weight excluding hydrogens is 417 g/mol. The molecule has 0 aromatic heterocycles. The van der Waals surface area contributed by atoms with Crippen molar-refractivity contribution < 1.29 is 17.6 Å². The van der Waals surface area contributed by atoms with Gasteiger partial charge in [-0.15, -0.1) is 0 Å². The largest absolute Gasteiger partial charge is 0.339 e. The normalized spacial score (nSPS) is 23.4. The minimum atomic E-state index is -3.51. The topological polar surface area (TPSA) is 60.9 Å². The third-order valence-corrected chi connectivity index (χ3v) is 9.61. The lowest BCUT2D eigenvalue weighted by molar-refractivity contribution is -0.138. The lowest BCUT2D eigenvalue weighted by Gasteiger charge is -2.41. The number of amides is 1. The molecule has 0 N–H and O–H groups in total. The third-order valence-electron chi connectivity index (χ3n) is 7.57. The van der Waals surface area contributed by atoms with Crippen LogP contribution in [0.15, 0.2) is 24.3 Å². The number of benzene rings is 1. The van der Waals surface area contributed by atoms with Crippen molar-refractivity contribution in [3.63, 3.8) is 0 Å². The zero-order chi connectivity index (χ0) is 22.1. The Kier molecular flexibility index (Phi) is 6.70. The lowest BCUT2D eigenvalue weighted by atomic mass is 9.77. The number of nitrogens with zero attached hydrogens (tertiary/aromatic N) is 3. The molecule has 3 fully saturated rings. The fraction of sp³-hybridized carbons (Fsp3) is 0.696. The molecule has 0 bridgehead atoms. The van der Waals surface area contributed by atoms with Crippen molar-refractivity contribution in [3.8, 4) is 0 Å². The minimum Gasteiger partial charge on any atom is -0.339 e. The predicted molar refractivity (Wildman–Crippen MR) is 118 cm³/mol. The summed E-state index contributed by atoms with van der Waals surface area (Å²) in [7, 11) is -1.82. The van der Waals surface area contributed by atoms with Crippen LogP contribution < -0.4 is 0 Å². The van der Waals surface area contributed by atoms with Gasteiger partial charge in [-0.25, -0.2) is 4.39 Å². The summed E-state index contributed by atoms with van der Waals surface area (Å²) in [4.78, 5) is 15.4. The third kappa shape index (κ3) is 4.39. The Balaban J connectivity index is 1.44. The molecule has 1 aromatic rings. The van der Waals surface area contributed by atoms with E-state index in [1.807, 2.05) is 4.90 Å². The van der Waals surface area contributed by atoms with E-state index in [-0.39, 0.29) is 17.8 Å². The molecule has 8 heteroatoms. The highest BCUT2D eigenvalue weighted by atomic mass is 32.2. The summed E-state index contributed by atoms with van der Waals surface area (Å²) < 4.78 is 42.8. The Morgan fingerprint density at radius 3 is 2.13 bits per heavy atom. The summed E-state index contributed by atoms with van der Waals surface area (Å²) in [5, 5.41) is 0. The molecule has 1 amide bonds. The van der Waals surface area contributed by atoms with Gasteiger partial charge in [-0.05, 0) is 43.4 Å². The zero-order valence-electron chi connectivity index (χ0n) is 18.4. The molecule has 0 unspecified atom stereocenters. The Morgan fingerprint density at radius 1 is 0.968 bits per heavy atom. The van der Waals surface area contributed by atoms with Crippen molar-refractivity contribution in [2.24, 2.45) is 0 Å². The number of hydrogen-bond acceptors (Lipinski definition) is 3. The van der Waals surface area contributed by atoms with Gasteiger partial charge < -0.3 is 4.90 Å². The molecular formula is C23H34FN3O3S. The van der Waals surface area contributed by atoms with Gasteiger partial charge in [-0.3, -0.25) is 4.79 Å². The molecule has 31 heavy (non-hydrogen) atoms. The Hall–Kier alpha value is -1.51. The van der Waals surface area contributed by atoms with E-state index in [2.05, 4.69) is 0 Å². The van der Waals surface area contributed by atoms with Crippen LogP contribution in [0.25, 0.3) is 0 Å². The van der Waals surface area contributed by atoms with Gasteiger partial charge in [0.25, 0.3) is 10.2 Å². The van der Waals surface area contributed by atoms with Crippen molar-refractivity contribution >= 4 is 16.1 Å². The molecule has 172 valence electrons. The molecule has 0 radical (unpaired) electrons. The molecule has 4 rings (SSSR count). The highest BCUT2D eigenvalue weighted by molar-refractivity contribution is 7.86. The van der Waals surface area contributed by atoms with Crippen molar-refractivity contribution in [1.82, 2.24) is 13.5 Å². The van der Waals surface area contributed by atoms with Gasteiger partial charge >= 0.3 is 0 Å². The molecule has 2 aliphatic carbocycles. The molecule has 2 saturated carbocycles. The van der Waals surface area contributed by atoms with Gasteiger partial charge in [-0.1, -0.05) is 44.2 Å². The van der Waals surface area contributed by atoms with Crippen LogP contribution in [-0.4, -0.2) is 67.1 Å². The Morgan fingerprint density at radius 2 is 1.55 bits per heavy atom. The van der Waals surface area contributed by atoms with Gasteiger partial charge in [0.05, 0.1) is 5.41 Å². The Labute approximate surface area is 185 Å². The van der Waals surface area contributed by atoms with Crippen LogP contribution in [0.4, 0.5) is 4.39 Å². The molecule has 1 aromatic carbocycles. The second kappa shape index (κ2) is 9.16. The SMILES string of the molecule is CN(C1CCCCC1)S(=O)(=O)N1CCN(C(=O)C2(c3ccc(F)cc3)CCCC2)CC1. The first-order valence-electron chi connectivity index (χ1n) is 11.6. The van der Waals surface area contributed by atoms with E-state index in [4.69, 9.17) is 0 Å². The van der Waals surface area contributed by atoms with E-state index in [9.17, 15) is 17.6 Å². The highest BCUT2D eigenvalue weighted by Gasteiger charge is 2.46. The van der Waals surface area contributed by atoms with E-state index in [0.29, 0.717) is 26.2 Å². The second-order valence-corrected chi connectivity index (χ2v) is 11.3. The Bertz CT molecular complexity index is 870. The standard InChI is InChI=1S/C23H34FN3O3S/c1-25(21-7-3-2-4-8-21)31(29,30)27-17-15-26(16-18-27)22(28)23(13-5-6-14-23)19-9-11-20(24)12-10-19/h9-12,21H,2-8,13-18H2,1H3. The fourth-order valence-corrected chi connectivity index (χ4v) is 7.19. The summed E-state index contributed by atoms with van der Waals surface area (Å²) in [5.74, 6) is -0.237. The van der Waals surface area contributed by atoms with E-state index < -0.39 is 15.6 Å².